The van der Waals surface area contributed by atoms with Crippen molar-refractivity contribution >= 4 is 80.7 Å². The van der Waals surface area contributed by atoms with E-state index < -0.39 is 10.1 Å². The number of aromatic nitrogens is 6. The minimum atomic E-state index is -4.64. The van der Waals surface area contributed by atoms with E-state index in [1.54, 1.807) is 24.3 Å². The first-order valence-corrected chi connectivity index (χ1v) is 20.4. The van der Waals surface area contributed by atoms with Gasteiger partial charge in [0.05, 0.1) is 26.4 Å². The summed E-state index contributed by atoms with van der Waals surface area (Å²) in [6.45, 7) is 6.71. The molecule has 8 rings (SSSR count). The molecule has 4 aromatic carbocycles. The van der Waals surface area contributed by atoms with Crippen molar-refractivity contribution in [2.45, 2.75) is 11.8 Å². The van der Waals surface area contributed by atoms with Gasteiger partial charge < -0.3 is 40.5 Å². The smallest absolute Gasteiger partial charge is 0.295 e. The maximum absolute atomic E-state index is 12.7. The highest BCUT2D eigenvalue weighted by Gasteiger charge is 2.20. The first-order valence-electron chi connectivity index (χ1n) is 19.0. The Kier molecular flexibility index (Phi) is 11.8. The van der Waals surface area contributed by atoms with Crippen molar-refractivity contribution in [2.24, 2.45) is 0 Å². The molecule has 2 aliphatic rings. The Morgan fingerprint density at radius 2 is 0.949 bits per heavy atom. The molecule has 0 spiro atoms. The number of aryl methyl sites for hydroxylation is 1. The molecule has 2 aliphatic heterocycles. The van der Waals surface area contributed by atoms with Crippen molar-refractivity contribution in [2.75, 3.05) is 83.7 Å². The SMILES string of the molecule is Cc1cc(Nc2nc(Nc3ccccc3)nc(N3CCOCC3)n2)ccc1/C=C/c1ccc(Nc2nc(Nc3ccccc3)nc(N3CCOCC3)n2)cc1S(=O)(=O)O. The van der Waals surface area contributed by atoms with Crippen LogP contribution in [0.25, 0.3) is 12.2 Å². The van der Waals surface area contributed by atoms with Gasteiger partial charge in [-0.05, 0) is 72.1 Å². The molecule has 0 aliphatic carbocycles. The summed E-state index contributed by atoms with van der Waals surface area (Å²) in [4.78, 5) is 31.6. The fourth-order valence-corrected chi connectivity index (χ4v) is 7.13. The van der Waals surface area contributed by atoms with Crippen LogP contribution in [0.15, 0.2) is 102 Å². The number of ether oxygens (including phenoxy) is 2. The Balaban J connectivity index is 1.01. The number of anilines is 10. The predicted molar refractivity (Wildman–Crippen MR) is 228 cm³/mol. The third-order valence-corrected chi connectivity index (χ3v) is 10.3. The zero-order valence-corrected chi connectivity index (χ0v) is 32.9. The third-order valence-electron chi connectivity index (χ3n) is 9.41. The molecule has 2 fully saturated rings. The van der Waals surface area contributed by atoms with Crippen molar-refractivity contribution in [3.63, 3.8) is 0 Å². The molecule has 4 heterocycles. The lowest BCUT2D eigenvalue weighted by Crippen LogP contribution is -2.37. The number of para-hydroxylation sites is 2. The maximum Gasteiger partial charge on any atom is 0.295 e. The van der Waals surface area contributed by atoms with Crippen molar-refractivity contribution in [3.05, 3.63) is 114 Å². The Hall–Kier alpha value is -6.73. The molecule has 302 valence electrons. The second-order valence-corrected chi connectivity index (χ2v) is 15.0. The lowest BCUT2D eigenvalue weighted by atomic mass is 10.1. The van der Waals surface area contributed by atoms with Crippen LogP contribution in [0.3, 0.4) is 0 Å². The van der Waals surface area contributed by atoms with Gasteiger partial charge in [0, 0.05) is 48.9 Å². The second kappa shape index (κ2) is 17.8. The van der Waals surface area contributed by atoms with Crippen molar-refractivity contribution in [3.8, 4) is 0 Å². The van der Waals surface area contributed by atoms with E-state index in [1.807, 2.05) is 90.7 Å². The van der Waals surface area contributed by atoms with E-state index >= 15 is 0 Å². The molecule has 18 heteroatoms. The Morgan fingerprint density at radius 3 is 1.39 bits per heavy atom. The highest BCUT2D eigenvalue weighted by atomic mass is 32.2. The predicted octanol–water partition coefficient (Wildman–Crippen LogP) is 6.43. The quantitative estimate of drug-likeness (QED) is 0.0629. The molecule has 0 saturated carbocycles. The average molecular weight is 815 g/mol. The van der Waals surface area contributed by atoms with Crippen molar-refractivity contribution < 1.29 is 22.4 Å². The molecule has 59 heavy (non-hydrogen) atoms. The van der Waals surface area contributed by atoms with E-state index in [4.69, 9.17) is 14.5 Å². The topological polar surface area (TPSA) is 205 Å². The van der Waals surface area contributed by atoms with Crippen LogP contribution in [0.2, 0.25) is 0 Å². The van der Waals surface area contributed by atoms with Gasteiger partial charge in [0.1, 0.15) is 4.90 Å². The van der Waals surface area contributed by atoms with Crippen molar-refractivity contribution in [1.29, 1.82) is 0 Å². The molecule has 0 amide bonds. The number of benzene rings is 4. The monoisotopic (exact) mass is 814 g/mol. The lowest BCUT2D eigenvalue weighted by Gasteiger charge is -2.27. The van der Waals surface area contributed by atoms with Crippen LogP contribution in [0, 0.1) is 6.92 Å². The Bertz CT molecular complexity index is 2540. The summed E-state index contributed by atoms with van der Waals surface area (Å²) in [6.07, 6.45) is 3.44. The summed E-state index contributed by atoms with van der Waals surface area (Å²) in [5, 5.41) is 12.9. The van der Waals surface area contributed by atoms with Crippen LogP contribution in [0.4, 0.5) is 58.4 Å². The number of hydrogen-bond donors (Lipinski definition) is 5. The lowest BCUT2D eigenvalue weighted by molar-refractivity contribution is 0.122. The van der Waals surface area contributed by atoms with Crippen LogP contribution in [0.1, 0.15) is 16.7 Å². The largest absolute Gasteiger partial charge is 0.378 e. The molecule has 0 radical (unpaired) electrons. The number of nitrogens with zero attached hydrogens (tertiary/aromatic N) is 8. The van der Waals surface area contributed by atoms with Gasteiger partial charge >= 0.3 is 0 Å². The van der Waals surface area contributed by atoms with Gasteiger partial charge in [0.2, 0.25) is 35.7 Å². The van der Waals surface area contributed by atoms with E-state index in [0.29, 0.717) is 88.0 Å². The zero-order chi connectivity index (χ0) is 40.6. The summed E-state index contributed by atoms with van der Waals surface area (Å²) in [5.74, 6) is 2.23. The number of rotatable bonds is 13. The summed E-state index contributed by atoms with van der Waals surface area (Å²) < 4.78 is 46.8. The van der Waals surface area contributed by atoms with Crippen molar-refractivity contribution in [1.82, 2.24) is 29.9 Å². The van der Waals surface area contributed by atoms with Gasteiger partial charge in [-0.25, -0.2) is 0 Å². The molecule has 5 N–H and O–H groups in total. The molecular formula is C41H42N12O5S. The molecule has 0 bridgehead atoms. The summed E-state index contributed by atoms with van der Waals surface area (Å²) in [7, 11) is -4.64. The normalized spacial score (nSPS) is 14.6. The van der Waals surface area contributed by atoms with E-state index in [9.17, 15) is 13.0 Å². The summed E-state index contributed by atoms with van der Waals surface area (Å²) in [6, 6.07) is 29.5. The van der Waals surface area contributed by atoms with Crippen LogP contribution < -0.4 is 31.1 Å². The van der Waals surface area contributed by atoms with Gasteiger partial charge in [-0.15, -0.1) is 0 Å². The molecule has 17 nitrogen and oxygen atoms in total. The fourth-order valence-electron chi connectivity index (χ4n) is 6.42. The van der Waals surface area contributed by atoms with Crippen LogP contribution in [-0.2, 0) is 19.6 Å². The molecule has 6 aromatic rings. The summed E-state index contributed by atoms with van der Waals surface area (Å²) >= 11 is 0. The van der Waals surface area contributed by atoms with Gasteiger partial charge in [-0.2, -0.15) is 38.3 Å². The van der Waals surface area contributed by atoms with E-state index in [1.165, 1.54) is 6.07 Å². The zero-order valence-electron chi connectivity index (χ0n) is 32.1. The standard InChI is InChI=1S/C41H42N12O5S/c1-28-26-33(44-38-46-36(42-31-8-4-2-5-9-31)48-40(50-38)52-18-22-57-23-19-52)16-14-29(28)12-13-30-15-17-34(27-35(30)59(54,55)56)45-39-47-37(43-32-10-6-3-7-11-32)49-41(51-39)53-20-24-58-25-21-53/h2-17,26-27H,18-25H2,1H3,(H,54,55,56)(H2,42,44,46,48,50)(H2,43,45,47,49,51)/b13-12+. The minimum absolute atomic E-state index is 0.187. The average Bonchev–Trinajstić information content (AvgIpc) is 3.24. The molecule has 2 aromatic heterocycles. The number of hydrogen-bond acceptors (Lipinski definition) is 16. The van der Waals surface area contributed by atoms with Crippen LogP contribution in [-0.4, -0.2) is 95.5 Å². The Morgan fingerprint density at radius 1 is 0.542 bits per heavy atom. The number of nitrogens with one attached hydrogen (secondary N) is 4. The fraction of sp³-hybridized carbons (Fsp3) is 0.220. The first kappa shape index (κ1) is 39.1. The third kappa shape index (κ3) is 10.2. The first-order chi connectivity index (χ1) is 28.7. The van der Waals surface area contributed by atoms with Crippen LogP contribution >= 0.6 is 0 Å². The highest BCUT2D eigenvalue weighted by molar-refractivity contribution is 7.86. The van der Waals surface area contributed by atoms with E-state index in [0.717, 1.165) is 28.2 Å². The van der Waals surface area contributed by atoms with Crippen LogP contribution in [0.5, 0.6) is 0 Å². The highest BCUT2D eigenvalue weighted by Crippen LogP contribution is 2.28. The Labute approximate surface area is 341 Å². The van der Waals surface area contributed by atoms with Gasteiger partial charge in [-0.3, -0.25) is 4.55 Å². The van der Waals surface area contributed by atoms with Gasteiger partial charge in [-0.1, -0.05) is 60.7 Å². The second-order valence-electron chi connectivity index (χ2n) is 13.6. The molecule has 0 atom stereocenters. The number of morpholine rings is 2. The minimum Gasteiger partial charge on any atom is -0.378 e. The van der Waals surface area contributed by atoms with E-state index in [2.05, 4.69) is 51.1 Å². The summed E-state index contributed by atoms with van der Waals surface area (Å²) in [5.41, 5.74) is 4.74. The molecule has 0 unspecified atom stereocenters. The van der Waals surface area contributed by atoms with E-state index in [-0.39, 0.29) is 16.4 Å². The van der Waals surface area contributed by atoms with Gasteiger partial charge in [0.15, 0.2) is 0 Å². The van der Waals surface area contributed by atoms with Gasteiger partial charge in [0.25, 0.3) is 10.1 Å². The maximum atomic E-state index is 12.7. The molecule has 2 saturated heterocycles. The molecular weight excluding hydrogens is 773 g/mol.